The number of rotatable bonds is 4. The number of hydrogen-bond acceptors (Lipinski definition) is 4. The fourth-order valence-corrected chi connectivity index (χ4v) is 3.53. The Hall–Kier alpha value is -0.910. The van der Waals surface area contributed by atoms with Crippen molar-refractivity contribution in [3.05, 3.63) is 17.5 Å². The van der Waals surface area contributed by atoms with Gasteiger partial charge in [0, 0.05) is 29.4 Å². The first-order chi connectivity index (χ1) is 9.28. The number of hydrogen-bond donors (Lipinski definition) is 3. The number of aliphatic hydroxyl groups is 1. The molecule has 1 heterocycles. The maximum absolute atomic E-state index is 9.07. The molecule has 1 aromatic heterocycles. The van der Waals surface area contributed by atoms with E-state index >= 15 is 0 Å². The van der Waals surface area contributed by atoms with Gasteiger partial charge in [0.1, 0.15) is 0 Å². The molecular formula is C14H24N4O. The Morgan fingerprint density at radius 2 is 2.32 bits per heavy atom. The highest BCUT2D eigenvalue weighted by atomic mass is 16.3. The Morgan fingerprint density at radius 1 is 1.42 bits per heavy atom. The average Bonchev–Trinajstić information content (AvgIpc) is 2.98. The Balaban J connectivity index is 1.71. The van der Waals surface area contributed by atoms with Crippen molar-refractivity contribution in [3.63, 3.8) is 0 Å². The van der Waals surface area contributed by atoms with Crippen LogP contribution >= 0.6 is 0 Å². The van der Waals surface area contributed by atoms with Gasteiger partial charge in [0.2, 0.25) is 0 Å². The van der Waals surface area contributed by atoms with Gasteiger partial charge in [0.25, 0.3) is 0 Å². The Kier molecular flexibility index (Phi) is 3.86. The van der Waals surface area contributed by atoms with Crippen LogP contribution < -0.4 is 11.1 Å². The summed E-state index contributed by atoms with van der Waals surface area (Å²) >= 11 is 0. The molecule has 3 unspecified atom stereocenters. The number of fused-ring (bicyclic) bond motifs is 1. The normalized spacial score (nSPS) is 30.5. The van der Waals surface area contributed by atoms with Gasteiger partial charge in [-0.2, -0.15) is 5.10 Å². The highest BCUT2D eigenvalue weighted by Crippen LogP contribution is 2.31. The predicted molar refractivity (Wildman–Crippen MR) is 73.7 cm³/mol. The first-order valence-electron chi connectivity index (χ1n) is 7.45. The van der Waals surface area contributed by atoms with Gasteiger partial charge in [0.15, 0.2) is 0 Å². The Bertz CT molecular complexity index is 431. The molecular weight excluding hydrogens is 240 g/mol. The quantitative estimate of drug-likeness (QED) is 0.749. The zero-order valence-corrected chi connectivity index (χ0v) is 11.4. The second-order valence-electron chi connectivity index (χ2n) is 5.87. The van der Waals surface area contributed by atoms with Gasteiger partial charge in [-0.25, -0.2) is 0 Å². The molecule has 106 valence electrons. The van der Waals surface area contributed by atoms with Gasteiger partial charge < -0.3 is 16.2 Å². The van der Waals surface area contributed by atoms with Crippen LogP contribution in [0.2, 0.25) is 0 Å². The Labute approximate surface area is 114 Å². The number of nitrogens with one attached hydrogen (secondary N) is 1. The van der Waals surface area contributed by atoms with Gasteiger partial charge in [-0.3, -0.25) is 4.68 Å². The van der Waals surface area contributed by atoms with Gasteiger partial charge in [0.05, 0.1) is 19.3 Å². The van der Waals surface area contributed by atoms with Crippen molar-refractivity contribution in [1.82, 2.24) is 15.1 Å². The molecule has 4 N–H and O–H groups in total. The molecule has 19 heavy (non-hydrogen) atoms. The molecule has 0 radical (unpaired) electrons. The monoisotopic (exact) mass is 264 g/mol. The second kappa shape index (κ2) is 5.61. The molecule has 0 amide bonds. The van der Waals surface area contributed by atoms with E-state index in [1.807, 2.05) is 10.9 Å². The highest BCUT2D eigenvalue weighted by Gasteiger charge is 2.28. The summed E-state index contributed by atoms with van der Waals surface area (Å²) in [5.74, 6) is 0. The van der Waals surface area contributed by atoms with E-state index < -0.39 is 0 Å². The maximum Gasteiger partial charge on any atom is 0.0644 e. The average molecular weight is 264 g/mol. The number of nitrogens with two attached hydrogens (primary N) is 1. The zero-order chi connectivity index (χ0) is 13.2. The van der Waals surface area contributed by atoms with Crippen molar-refractivity contribution >= 4 is 0 Å². The summed E-state index contributed by atoms with van der Waals surface area (Å²) in [7, 11) is 0. The van der Waals surface area contributed by atoms with E-state index in [9.17, 15) is 0 Å². The first kappa shape index (κ1) is 13.1. The highest BCUT2D eigenvalue weighted by molar-refractivity contribution is 5.25. The van der Waals surface area contributed by atoms with Crippen molar-refractivity contribution in [1.29, 1.82) is 0 Å². The summed E-state index contributed by atoms with van der Waals surface area (Å²) in [5, 5.41) is 17.3. The third-order valence-corrected chi connectivity index (χ3v) is 4.48. The van der Waals surface area contributed by atoms with E-state index in [0.717, 1.165) is 19.3 Å². The van der Waals surface area contributed by atoms with Gasteiger partial charge in [-0.1, -0.05) is 0 Å². The van der Waals surface area contributed by atoms with Crippen LogP contribution in [0.5, 0.6) is 0 Å². The first-order valence-corrected chi connectivity index (χ1v) is 7.45. The molecule has 0 spiro atoms. The van der Waals surface area contributed by atoms with Gasteiger partial charge in [-0.15, -0.1) is 0 Å². The van der Waals surface area contributed by atoms with E-state index in [2.05, 4.69) is 10.4 Å². The molecule has 1 saturated carbocycles. The van der Waals surface area contributed by atoms with Crippen LogP contribution in [-0.4, -0.2) is 33.6 Å². The smallest absolute Gasteiger partial charge is 0.0644 e. The van der Waals surface area contributed by atoms with E-state index in [1.165, 1.54) is 30.5 Å². The molecule has 5 heteroatoms. The number of aromatic nitrogens is 2. The van der Waals surface area contributed by atoms with Gasteiger partial charge in [-0.05, 0) is 38.5 Å². The molecule has 0 aromatic carbocycles. The minimum absolute atomic E-state index is 0.156. The fraction of sp³-hybridized carbons (Fsp3) is 0.786. The summed E-state index contributed by atoms with van der Waals surface area (Å²) in [6.45, 7) is 0.764. The van der Waals surface area contributed by atoms with Crippen molar-refractivity contribution in [3.8, 4) is 0 Å². The number of aliphatic hydroxyl groups excluding tert-OH is 1. The summed E-state index contributed by atoms with van der Waals surface area (Å²) in [4.78, 5) is 0. The van der Waals surface area contributed by atoms with Crippen LogP contribution in [0.15, 0.2) is 6.20 Å². The minimum Gasteiger partial charge on any atom is -0.394 e. The van der Waals surface area contributed by atoms with Crippen molar-refractivity contribution in [2.24, 2.45) is 5.73 Å². The van der Waals surface area contributed by atoms with E-state index in [1.54, 1.807) is 0 Å². The zero-order valence-electron chi connectivity index (χ0n) is 11.4. The van der Waals surface area contributed by atoms with E-state index in [4.69, 9.17) is 10.8 Å². The van der Waals surface area contributed by atoms with Crippen molar-refractivity contribution < 1.29 is 5.11 Å². The molecule has 0 bridgehead atoms. The van der Waals surface area contributed by atoms with Crippen LogP contribution in [0, 0.1) is 0 Å². The lowest BCUT2D eigenvalue weighted by Crippen LogP contribution is -2.34. The van der Waals surface area contributed by atoms with Crippen LogP contribution in [0.4, 0.5) is 0 Å². The molecule has 3 atom stereocenters. The summed E-state index contributed by atoms with van der Waals surface area (Å²) in [5.41, 5.74) is 8.62. The van der Waals surface area contributed by atoms with Crippen molar-refractivity contribution in [2.75, 3.05) is 6.61 Å². The lowest BCUT2D eigenvalue weighted by molar-refractivity contribution is 0.266. The number of nitrogens with zero attached hydrogens (tertiary/aromatic N) is 2. The molecule has 0 saturated heterocycles. The standard InChI is InChI=1S/C14H24N4O/c15-10-4-5-11(8-10)17-13-2-1-3-14-12(13)9-16-18(14)6-7-19/h9-11,13,17,19H,1-8,15H2. The Morgan fingerprint density at radius 3 is 3.05 bits per heavy atom. The van der Waals surface area contributed by atoms with Crippen LogP contribution in [0.25, 0.3) is 0 Å². The lowest BCUT2D eigenvalue weighted by Gasteiger charge is -2.27. The van der Waals surface area contributed by atoms with Crippen LogP contribution in [-0.2, 0) is 13.0 Å². The predicted octanol–water partition coefficient (Wildman–Crippen LogP) is 0.722. The van der Waals surface area contributed by atoms with Crippen molar-refractivity contribution in [2.45, 2.75) is 63.2 Å². The topological polar surface area (TPSA) is 76.1 Å². The second-order valence-corrected chi connectivity index (χ2v) is 5.87. The van der Waals surface area contributed by atoms with E-state index in [-0.39, 0.29) is 6.61 Å². The third kappa shape index (κ3) is 2.68. The third-order valence-electron chi connectivity index (χ3n) is 4.48. The maximum atomic E-state index is 9.07. The minimum atomic E-state index is 0.156. The molecule has 3 rings (SSSR count). The SMILES string of the molecule is NC1CCC(NC2CCCc3c2cnn3CCO)C1. The largest absolute Gasteiger partial charge is 0.394 e. The molecule has 1 fully saturated rings. The molecule has 0 aliphatic heterocycles. The lowest BCUT2D eigenvalue weighted by atomic mass is 9.92. The van der Waals surface area contributed by atoms with Crippen LogP contribution in [0.1, 0.15) is 49.4 Å². The van der Waals surface area contributed by atoms with Crippen LogP contribution in [0.3, 0.4) is 0 Å². The molecule has 5 nitrogen and oxygen atoms in total. The van der Waals surface area contributed by atoms with Gasteiger partial charge >= 0.3 is 0 Å². The summed E-state index contributed by atoms with van der Waals surface area (Å²) in [6, 6.07) is 1.36. The summed E-state index contributed by atoms with van der Waals surface area (Å²) in [6.07, 6.45) is 8.87. The summed E-state index contributed by atoms with van der Waals surface area (Å²) < 4.78 is 1.96. The van der Waals surface area contributed by atoms with E-state index in [0.29, 0.717) is 24.7 Å². The molecule has 2 aliphatic rings. The fourth-order valence-electron chi connectivity index (χ4n) is 3.53. The molecule has 2 aliphatic carbocycles. The molecule has 1 aromatic rings.